The highest BCUT2D eigenvalue weighted by Gasteiger charge is 2.18. The third-order valence-corrected chi connectivity index (χ3v) is 2.16. The lowest BCUT2D eigenvalue weighted by Crippen LogP contribution is -2.42. The highest BCUT2D eigenvalue weighted by molar-refractivity contribution is 5.01. The van der Waals surface area contributed by atoms with Crippen molar-refractivity contribution < 1.29 is 9.84 Å². The van der Waals surface area contributed by atoms with Gasteiger partial charge in [0.15, 0.2) is 0 Å². The van der Waals surface area contributed by atoms with E-state index in [4.69, 9.17) is 10.5 Å². The van der Waals surface area contributed by atoms with E-state index >= 15 is 0 Å². The smallest absolute Gasteiger partial charge is 0.232 e. The first-order chi connectivity index (χ1) is 7.11. The van der Waals surface area contributed by atoms with Crippen LogP contribution in [0.1, 0.15) is 13.8 Å². The molecule has 5 nitrogen and oxygen atoms in total. The molecule has 0 aliphatic rings. The zero-order valence-electron chi connectivity index (χ0n) is 9.00. The topological polar surface area (TPSA) is 81.3 Å². The van der Waals surface area contributed by atoms with Crippen LogP contribution in [0.15, 0.2) is 18.6 Å². The van der Waals surface area contributed by atoms with E-state index in [1.807, 2.05) is 13.8 Å². The molecule has 0 amide bonds. The SMILES string of the molecule is CC(C)C(N)C(O)COc1cnccn1. The van der Waals surface area contributed by atoms with Crippen LogP contribution in [0, 0.1) is 5.92 Å². The number of nitrogens with two attached hydrogens (primary N) is 1. The molecule has 2 atom stereocenters. The molecule has 3 N–H and O–H groups in total. The van der Waals surface area contributed by atoms with E-state index < -0.39 is 6.10 Å². The highest BCUT2D eigenvalue weighted by atomic mass is 16.5. The molecular formula is C10H17N3O2. The van der Waals surface area contributed by atoms with Gasteiger partial charge in [0.2, 0.25) is 5.88 Å². The number of aromatic nitrogens is 2. The number of ether oxygens (including phenoxy) is 1. The summed E-state index contributed by atoms with van der Waals surface area (Å²) in [6.45, 7) is 4.05. The molecule has 0 fully saturated rings. The van der Waals surface area contributed by atoms with E-state index in [2.05, 4.69) is 9.97 Å². The maximum atomic E-state index is 9.65. The van der Waals surface area contributed by atoms with E-state index in [0.29, 0.717) is 5.88 Å². The summed E-state index contributed by atoms with van der Waals surface area (Å²) in [5.74, 6) is 0.609. The lowest BCUT2D eigenvalue weighted by Gasteiger charge is -2.21. The molecule has 0 spiro atoms. The molecular weight excluding hydrogens is 194 g/mol. The Hall–Kier alpha value is -1.20. The molecule has 1 heterocycles. The lowest BCUT2D eigenvalue weighted by molar-refractivity contribution is 0.0695. The maximum absolute atomic E-state index is 9.65. The van der Waals surface area contributed by atoms with Crippen molar-refractivity contribution >= 4 is 0 Å². The Morgan fingerprint density at radius 1 is 1.47 bits per heavy atom. The van der Waals surface area contributed by atoms with Gasteiger partial charge in [-0.15, -0.1) is 0 Å². The monoisotopic (exact) mass is 211 g/mol. The molecule has 1 aromatic heterocycles. The number of hydrogen-bond acceptors (Lipinski definition) is 5. The van der Waals surface area contributed by atoms with Crippen molar-refractivity contribution in [2.75, 3.05) is 6.61 Å². The van der Waals surface area contributed by atoms with Crippen LogP contribution in [0.3, 0.4) is 0 Å². The molecule has 2 unspecified atom stereocenters. The van der Waals surface area contributed by atoms with Crippen LogP contribution in [0.2, 0.25) is 0 Å². The van der Waals surface area contributed by atoms with Gasteiger partial charge in [0.1, 0.15) is 12.7 Å². The van der Waals surface area contributed by atoms with Gasteiger partial charge < -0.3 is 15.6 Å². The van der Waals surface area contributed by atoms with E-state index in [1.54, 1.807) is 6.20 Å². The summed E-state index contributed by atoms with van der Waals surface area (Å²) in [5.41, 5.74) is 5.76. The molecule has 0 bridgehead atoms. The number of hydrogen-bond donors (Lipinski definition) is 2. The molecule has 0 saturated carbocycles. The molecule has 0 saturated heterocycles. The van der Waals surface area contributed by atoms with Crippen LogP contribution >= 0.6 is 0 Å². The number of nitrogens with zero attached hydrogens (tertiary/aromatic N) is 2. The van der Waals surface area contributed by atoms with E-state index in [0.717, 1.165) is 0 Å². The maximum Gasteiger partial charge on any atom is 0.232 e. The summed E-state index contributed by atoms with van der Waals surface area (Å²) in [5, 5.41) is 9.65. The van der Waals surface area contributed by atoms with Crippen molar-refractivity contribution in [1.29, 1.82) is 0 Å². The fourth-order valence-corrected chi connectivity index (χ4v) is 1.09. The lowest BCUT2D eigenvalue weighted by atomic mass is 10.0. The van der Waals surface area contributed by atoms with E-state index in [9.17, 15) is 5.11 Å². The quantitative estimate of drug-likeness (QED) is 0.727. The Balaban J connectivity index is 2.37. The fraction of sp³-hybridized carbons (Fsp3) is 0.600. The Morgan fingerprint density at radius 3 is 2.73 bits per heavy atom. The van der Waals surface area contributed by atoms with Gasteiger partial charge in [-0.2, -0.15) is 0 Å². The second-order valence-corrected chi connectivity index (χ2v) is 3.74. The zero-order chi connectivity index (χ0) is 11.3. The molecule has 0 aliphatic heterocycles. The van der Waals surface area contributed by atoms with Crippen LogP contribution in [0.5, 0.6) is 5.88 Å². The molecule has 0 aliphatic carbocycles. The zero-order valence-corrected chi connectivity index (χ0v) is 9.00. The standard InChI is InChI=1S/C10H17N3O2/c1-7(2)10(11)8(14)6-15-9-5-12-3-4-13-9/h3-5,7-8,10,14H,6,11H2,1-2H3. The van der Waals surface area contributed by atoms with Crippen molar-refractivity contribution in [3.05, 3.63) is 18.6 Å². The van der Waals surface area contributed by atoms with Gasteiger partial charge in [-0.05, 0) is 5.92 Å². The van der Waals surface area contributed by atoms with Crippen LogP contribution in [0.4, 0.5) is 0 Å². The second-order valence-electron chi connectivity index (χ2n) is 3.74. The summed E-state index contributed by atoms with van der Waals surface area (Å²) in [6.07, 6.45) is 3.90. The highest BCUT2D eigenvalue weighted by Crippen LogP contribution is 2.06. The van der Waals surface area contributed by atoms with Gasteiger partial charge in [-0.25, -0.2) is 4.98 Å². The van der Waals surface area contributed by atoms with Gasteiger partial charge in [0.25, 0.3) is 0 Å². The molecule has 1 aromatic rings. The minimum atomic E-state index is -0.688. The third-order valence-electron chi connectivity index (χ3n) is 2.16. The Labute approximate surface area is 89.3 Å². The molecule has 84 valence electrons. The summed E-state index contributed by atoms with van der Waals surface area (Å²) >= 11 is 0. The summed E-state index contributed by atoms with van der Waals surface area (Å²) < 4.78 is 5.24. The predicted octanol–water partition coefficient (Wildman–Crippen LogP) is 0.200. The molecule has 0 radical (unpaired) electrons. The number of rotatable bonds is 5. The van der Waals surface area contributed by atoms with Gasteiger partial charge in [0.05, 0.1) is 6.20 Å². The summed E-state index contributed by atoms with van der Waals surface area (Å²) in [6, 6.07) is -0.290. The first-order valence-corrected chi connectivity index (χ1v) is 4.93. The largest absolute Gasteiger partial charge is 0.474 e. The van der Waals surface area contributed by atoms with Crippen molar-refractivity contribution in [2.45, 2.75) is 26.0 Å². The molecule has 15 heavy (non-hydrogen) atoms. The third kappa shape index (κ3) is 3.81. The average molecular weight is 211 g/mol. The predicted molar refractivity (Wildman–Crippen MR) is 56.3 cm³/mol. The number of aliphatic hydroxyl groups excluding tert-OH is 1. The average Bonchev–Trinajstić information content (AvgIpc) is 2.26. The fourth-order valence-electron chi connectivity index (χ4n) is 1.09. The first kappa shape index (κ1) is 11.9. The Kier molecular flexibility index (Phi) is 4.45. The second kappa shape index (κ2) is 5.63. The molecule has 0 aromatic carbocycles. The first-order valence-electron chi connectivity index (χ1n) is 4.93. The van der Waals surface area contributed by atoms with Gasteiger partial charge in [-0.3, -0.25) is 4.98 Å². The van der Waals surface area contributed by atoms with Crippen molar-refractivity contribution in [2.24, 2.45) is 11.7 Å². The van der Waals surface area contributed by atoms with E-state index in [-0.39, 0.29) is 18.6 Å². The minimum Gasteiger partial charge on any atom is -0.474 e. The minimum absolute atomic E-state index is 0.137. The summed E-state index contributed by atoms with van der Waals surface area (Å²) in [4.78, 5) is 7.76. The van der Waals surface area contributed by atoms with Gasteiger partial charge in [-0.1, -0.05) is 13.8 Å². The van der Waals surface area contributed by atoms with Crippen LogP contribution < -0.4 is 10.5 Å². The Morgan fingerprint density at radius 2 is 2.20 bits per heavy atom. The van der Waals surface area contributed by atoms with Gasteiger partial charge >= 0.3 is 0 Å². The molecule has 1 rings (SSSR count). The number of aliphatic hydroxyl groups is 1. The van der Waals surface area contributed by atoms with Crippen molar-refractivity contribution in [3.8, 4) is 5.88 Å². The van der Waals surface area contributed by atoms with Crippen molar-refractivity contribution in [3.63, 3.8) is 0 Å². The van der Waals surface area contributed by atoms with E-state index in [1.165, 1.54) is 12.4 Å². The molecule has 5 heteroatoms. The van der Waals surface area contributed by atoms with Crippen LogP contribution in [-0.4, -0.2) is 33.8 Å². The van der Waals surface area contributed by atoms with Gasteiger partial charge in [0, 0.05) is 18.4 Å². The van der Waals surface area contributed by atoms with Crippen molar-refractivity contribution in [1.82, 2.24) is 9.97 Å². The van der Waals surface area contributed by atoms with Crippen LogP contribution in [0.25, 0.3) is 0 Å². The Bertz CT molecular complexity index is 279. The summed E-state index contributed by atoms with van der Waals surface area (Å²) in [7, 11) is 0. The van der Waals surface area contributed by atoms with Crippen LogP contribution in [-0.2, 0) is 0 Å². The normalized spacial score (nSPS) is 15.0.